The van der Waals surface area contributed by atoms with Gasteiger partial charge in [-0.15, -0.1) is 5.10 Å². The van der Waals surface area contributed by atoms with Crippen LogP contribution in [0.2, 0.25) is 0 Å². The summed E-state index contributed by atoms with van der Waals surface area (Å²) in [6.07, 6.45) is 1.18. The lowest BCUT2D eigenvalue weighted by atomic mass is 9.92. The number of piperidine rings is 1. The van der Waals surface area contributed by atoms with Crippen LogP contribution in [0.1, 0.15) is 20.3 Å². The maximum Gasteiger partial charge on any atom is 0.244 e. The average molecular weight is 378 g/mol. The van der Waals surface area contributed by atoms with Crippen LogP contribution in [0, 0.1) is 11.8 Å². The number of carbonyl (C=O) groups excluding carboxylic acids is 1. The highest BCUT2D eigenvalue weighted by atomic mass is 79.9. The molecular formula is C16H20BrN5O. The third kappa shape index (κ3) is 3.77. The first-order valence-electron chi connectivity index (χ1n) is 7.83. The maximum atomic E-state index is 12.6. The summed E-state index contributed by atoms with van der Waals surface area (Å²) in [5.74, 6) is 1.78. The SMILES string of the molecule is C[C@H]1C[C@H](C)CN(C(=O)Cn2nnnc2-c2ccc(Br)cc2)C1. The minimum absolute atomic E-state index is 0.0778. The predicted octanol–water partition coefficient (Wildman–Crippen LogP) is 2.61. The normalized spacial score (nSPS) is 21.4. The quantitative estimate of drug-likeness (QED) is 0.824. The first-order chi connectivity index (χ1) is 11.0. The molecule has 2 aromatic rings. The molecule has 7 heteroatoms. The molecule has 0 saturated carbocycles. The molecule has 0 spiro atoms. The number of carbonyl (C=O) groups is 1. The van der Waals surface area contributed by atoms with Crippen LogP contribution in [-0.2, 0) is 11.3 Å². The third-order valence-electron chi connectivity index (χ3n) is 4.14. The monoisotopic (exact) mass is 377 g/mol. The van der Waals surface area contributed by atoms with Gasteiger partial charge in [0.1, 0.15) is 6.54 Å². The van der Waals surface area contributed by atoms with Crippen molar-refractivity contribution in [1.29, 1.82) is 0 Å². The van der Waals surface area contributed by atoms with E-state index in [1.165, 1.54) is 6.42 Å². The molecule has 6 nitrogen and oxygen atoms in total. The number of likely N-dealkylation sites (tertiary alicyclic amines) is 1. The number of hydrogen-bond donors (Lipinski definition) is 0. The van der Waals surface area contributed by atoms with Crippen molar-refractivity contribution in [3.8, 4) is 11.4 Å². The fourth-order valence-corrected chi connectivity index (χ4v) is 3.48. The van der Waals surface area contributed by atoms with Crippen LogP contribution in [0.4, 0.5) is 0 Å². The molecule has 0 unspecified atom stereocenters. The van der Waals surface area contributed by atoms with Crippen molar-refractivity contribution in [2.75, 3.05) is 13.1 Å². The van der Waals surface area contributed by atoms with E-state index in [9.17, 15) is 4.79 Å². The zero-order valence-corrected chi connectivity index (χ0v) is 14.9. The Morgan fingerprint density at radius 1 is 1.22 bits per heavy atom. The van der Waals surface area contributed by atoms with Gasteiger partial charge in [0.2, 0.25) is 5.91 Å². The molecule has 1 fully saturated rings. The van der Waals surface area contributed by atoms with Crippen LogP contribution in [0.15, 0.2) is 28.7 Å². The lowest BCUT2D eigenvalue weighted by Crippen LogP contribution is -2.44. The molecule has 1 aliphatic rings. The summed E-state index contributed by atoms with van der Waals surface area (Å²) >= 11 is 3.41. The zero-order valence-electron chi connectivity index (χ0n) is 13.3. The van der Waals surface area contributed by atoms with Crippen molar-refractivity contribution in [3.63, 3.8) is 0 Å². The van der Waals surface area contributed by atoms with Gasteiger partial charge >= 0.3 is 0 Å². The third-order valence-corrected chi connectivity index (χ3v) is 4.67. The number of nitrogens with zero attached hydrogens (tertiary/aromatic N) is 5. The summed E-state index contributed by atoms with van der Waals surface area (Å²) in [4.78, 5) is 14.5. The molecule has 2 heterocycles. The summed E-state index contributed by atoms with van der Waals surface area (Å²) in [6, 6.07) is 7.73. The van der Waals surface area contributed by atoms with Crippen LogP contribution in [0.3, 0.4) is 0 Å². The molecule has 23 heavy (non-hydrogen) atoms. The van der Waals surface area contributed by atoms with Gasteiger partial charge in [-0.3, -0.25) is 4.79 Å². The second kappa shape index (κ2) is 6.78. The number of aromatic nitrogens is 4. The first-order valence-corrected chi connectivity index (χ1v) is 8.62. The molecular weight excluding hydrogens is 358 g/mol. The van der Waals surface area contributed by atoms with Crippen molar-refractivity contribution in [2.24, 2.45) is 11.8 Å². The van der Waals surface area contributed by atoms with Crippen LogP contribution in [-0.4, -0.2) is 44.1 Å². The van der Waals surface area contributed by atoms with Gasteiger partial charge in [-0.2, -0.15) is 0 Å². The molecule has 1 aliphatic heterocycles. The van der Waals surface area contributed by atoms with E-state index in [2.05, 4.69) is 45.3 Å². The van der Waals surface area contributed by atoms with E-state index in [0.29, 0.717) is 17.7 Å². The predicted molar refractivity (Wildman–Crippen MR) is 90.5 cm³/mol. The van der Waals surface area contributed by atoms with Crippen LogP contribution < -0.4 is 0 Å². The fourth-order valence-electron chi connectivity index (χ4n) is 3.21. The zero-order chi connectivity index (χ0) is 16.4. The number of amides is 1. The summed E-state index contributed by atoms with van der Waals surface area (Å²) in [5.41, 5.74) is 0.895. The lowest BCUT2D eigenvalue weighted by molar-refractivity contribution is -0.134. The Morgan fingerprint density at radius 2 is 1.87 bits per heavy atom. The minimum Gasteiger partial charge on any atom is -0.341 e. The highest BCUT2D eigenvalue weighted by molar-refractivity contribution is 9.10. The van der Waals surface area contributed by atoms with Crippen LogP contribution in [0.5, 0.6) is 0 Å². The van der Waals surface area contributed by atoms with E-state index in [1.54, 1.807) is 4.68 Å². The molecule has 3 rings (SSSR count). The second-order valence-electron chi connectivity index (χ2n) is 6.41. The minimum atomic E-state index is 0.0778. The van der Waals surface area contributed by atoms with Crippen molar-refractivity contribution in [1.82, 2.24) is 25.1 Å². The molecule has 1 amide bonds. The molecule has 1 aromatic carbocycles. The van der Waals surface area contributed by atoms with Crippen LogP contribution in [0.25, 0.3) is 11.4 Å². The van der Waals surface area contributed by atoms with E-state index < -0.39 is 0 Å². The van der Waals surface area contributed by atoms with Gasteiger partial charge in [0.25, 0.3) is 0 Å². The molecule has 0 aliphatic carbocycles. The molecule has 1 saturated heterocycles. The topological polar surface area (TPSA) is 63.9 Å². The van der Waals surface area contributed by atoms with E-state index in [1.807, 2.05) is 29.2 Å². The number of benzene rings is 1. The molecule has 2 atom stereocenters. The van der Waals surface area contributed by atoms with Gasteiger partial charge < -0.3 is 4.90 Å². The summed E-state index contributed by atoms with van der Waals surface area (Å²) in [5, 5.41) is 11.8. The van der Waals surface area contributed by atoms with Gasteiger partial charge in [-0.05, 0) is 40.8 Å². The van der Waals surface area contributed by atoms with Gasteiger partial charge in [0.15, 0.2) is 5.82 Å². The number of hydrogen-bond acceptors (Lipinski definition) is 4. The van der Waals surface area contributed by atoms with Gasteiger partial charge in [0, 0.05) is 23.1 Å². The second-order valence-corrected chi connectivity index (χ2v) is 7.33. The summed E-state index contributed by atoms with van der Waals surface area (Å²) < 4.78 is 2.57. The van der Waals surface area contributed by atoms with Gasteiger partial charge in [0.05, 0.1) is 0 Å². The van der Waals surface area contributed by atoms with E-state index in [-0.39, 0.29) is 12.5 Å². The Labute approximate surface area is 144 Å². The van der Waals surface area contributed by atoms with Crippen molar-refractivity contribution in [3.05, 3.63) is 28.7 Å². The smallest absolute Gasteiger partial charge is 0.244 e. The summed E-state index contributed by atoms with van der Waals surface area (Å²) in [6.45, 7) is 6.20. The molecule has 1 aromatic heterocycles. The average Bonchev–Trinajstić information content (AvgIpc) is 2.95. The number of tetrazole rings is 1. The highest BCUT2D eigenvalue weighted by Gasteiger charge is 2.26. The maximum absolute atomic E-state index is 12.6. The number of rotatable bonds is 3. The van der Waals surface area contributed by atoms with Crippen molar-refractivity contribution >= 4 is 21.8 Å². The lowest BCUT2D eigenvalue weighted by Gasteiger charge is -2.35. The van der Waals surface area contributed by atoms with E-state index >= 15 is 0 Å². The summed E-state index contributed by atoms with van der Waals surface area (Å²) in [7, 11) is 0. The molecule has 0 bridgehead atoms. The Hall–Kier alpha value is -1.76. The van der Waals surface area contributed by atoms with Crippen molar-refractivity contribution < 1.29 is 4.79 Å². The Morgan fingerprint density at radius 3 is 2.52 bits per heavy atom. The van der Waals surface area contributed by atoms with Gasteiger partial charge in [-0.1, -0.05) is 41.9 Å². The Kier molecular flexibility index (Phi) is 4.75. The Balaban J connectivity index is 1.75. The van der Waals surface area contributed by atoms with E-state index in [0.717, 1.165) is 23.1 Å². The molecule has 0 radical (unpaired) electrons. The number of halogens is 1. The molecule has 122 valence electrons. The fraction of sp³-hybridized carbons (Fsp3) is 0.500. The standard InChI is InChI=1S/C16H20BrN5O/c1-11-7-12(2)9-21(8-11)15(23)10-22-16(18-19-20-22)13-3-5-14(17)6-4-13/h3-6,11-12H,7-10H2,1-2H3/t11-,12-/m0/s1. The largest absolute Gasteiger partial charge is 0.341 e. The highest BCUT2D eigenvalue weighted by Crippen LogP contribution is 2.22. The van der Waals surface area contributed by atoms with E-state index in [4.69, 9.17) is 0 Å². The molecule has 0 N–H and O–H groups in total. The first kappa shape index (κ1) is 16.1. The van der Waals surface area contributed by atoms with Crippen LogP contribution >= 0.6 is 15.9 Å². The van der Waals surface area contributed by atoms with Gasteiger partial charge in [-0.25, -0.2) is 4.68 Å². The van der Waals surface area contributed by atoms with Crippen molar-refractivity contribution in [2.45, 2.75) is 26.8 Å². The Bertz CT molecular complexity index is 674.